The second-order valence-corrected chi connectivity index (χ2v) is 9.68. The third kappa shape index (κ3) is 4.24. The van der Waals surface area contributed by atoms with Gasteiger partial charge in [-0.15, -0.1) is 0 Å². The molecule has 0 unspecified atom stereocenters. The van der Waals surface area contributed by atoms with Gasteiger partial charge in [0.05, 0.1) is 4.90 Å². The highest BCUT2D eigenvalue weighted by Gasteiger charge is 2.31. The number of nitrogens with zero attached hydrogens (tertiary/aromatic N) is 1. The lowest BCUT2D eigenvalue weighted by Gasteiger charge is -2.32. The lowest BCUT2D eigenvalue weighted by atomic mass is 10.1. The molecule has 0 aromatic heterocycles. The molecule has 1 aliphatic rings. The lowest BCUT2D eigenvalue weighted by molar-refractivity contribution is 0.102. The summed E-state index contributed by atoms with van der Waals surface area (Å²) in [4.78, 5) is 13.0. The predicted molar refractivity (Wildman–Crippen MR) is 113 cm³/mol. The molecular formula is C21H25ClN2O3S. The molecule has 1 saturated heterocycles. The number of aryl methyl sites for hydroxylation is 2. The van der Waals surface area contributed by atoms with Gasteiger partial charge >= 0.3 is 0 Å². The topological polar surface area (TPSA) is 66.5 Å². The highest BCUT2D eigenvalue weighted by molar-refractivity contribution is 7.89. The Labute approximate surface area is 171 Å². The lowest BCUT2D eigenvalue weighted by Crippen LogP contribution is -2.42. The normalized spacial score (nSPS) is 18.1. The maximum atomic E-state index is 13.1. The number of nitrogens with one attached hydrogen (secondary N) is 1. The van der Waals surface area contributed by atoms with E-state index in [1.54, 1.807) is 41.6 Å². The van der Waals surface area contributed by atoms with Gasteiger partial charge in [-0.25, -0.2) is 8.42 Å². The summed E-state index contributed by atoms with van der Waals surface area (Å²) in [5.41, 5.74) is 2.55. The number of hydrogen-bond donors (Lipinski definition) is 1. The summed E-state index contributed by atoms with van der Waals surface area (Å²) < 4.78 is 27.8. The molecule has 1 atom stereocenters. The summed E-state index contributed by atoms with van der Waals surface area (Å²) in [6.07, 6.45) is 2.75. The second kappa shape index (κ2) is 8.23. The van der Waals surface area contributed by atoms with E-state index >= 15 is 0 Å². The van der Waals surface area contributed by atoms with E-state index in [0.29, 0.717) is 22.8 Å². The Bertz CT molecular complexity index is 1000. The van der Waals surface area contributed by atoms with Gasteiger partial charge in [-0.1, -0.05) is 24.1 Å². The molecule has 28 heavy (non-hydrogen) atoms. The molecule has 3 rings (SSSR count). The van der Waals surface area contributed by atoms with Crippen molar-refractivity contribution in [1.82, 2.24) is 4.31 Å². The van der Waals surface area contributed by atoms with Crippen molar-refractivity contribution >= 4 is 33.2 Å². The largest absolute Gasteiger partial charge is 0.322 e. The van der Waals surface area contributed by atoms with Gasteiger partial charge in [0, 0.05) is 28.9 Å². The number of amides is 1. The molecule has 5 nitrogen and oxygen atoms in total. The zero-order chi connectivity index (χ0) is 20.5. The molecule has 150 valence electrons. The SMILES string of the molecule is Cc1cc(Cl)ccc1NC(=O)c1cc(S(=O)(=O)N2CCCC[C@H]2C)ccc1C. The third-order valence-electron chi connectivity index (χ3n) is 5.24. The van der Waals surface area contributed by atoms with E-state index in [2.05, 4.69) is 5.32 Å². The Balaban J connectivity index is 1.91. The first kappa shape index (κ1) is 20.8. The van der Waals surface area contributed by atoms with Gasteiger partial charge in [0.1, 0.15) is 0 Å². The van der Waals surface area contributed by atoms with Crippen molar-refractivity contribution < 1.29 is 13.2 Å². The average molecular weight is 421 g/mol. The van der Waals surface area contributed by atoms with Gasteiger partial charge in [-0.05, 0) is 75.1 Å². The summed E-state index contributed by atoms with van der Waals surface area (Å²) >= 11 is 5.97. The van der Waals surface area contributed by atoms with Crippen LogP contribution in [0.1, 0.15) is 47.7 Å². The van der Waals surface area contributed by atoms with Crippen LogP contribution >= 0.6 is 11.6 Å². The molecule has 7 heteroatoms. The molecule has 1 amide bonds. The van der Waals surface area contributed by atoms with Crippen LogP contribution in [0, 0.1) is 13.8 Å². The van der Waals surface area contributed by atoms with Crippen LogP contribution in [0.3, 0.4) is 0 Å². The standard InChI is InChI=1S/C21H25ClN2O3S/c1-14-7-9-18(28(26,27)24-11-5-4-6-16(24)3)13-19(14)21(25)23-20-10-8-17(22)12-15(20)2/h7-10,12-13,16H,4-6,11H2,1-3H3,(H,23,25)/t16-/m1/s1. The first-order chi connectivity index (χ1) is 13.2. The zero-order valence-corrected chi connectivity index (χ0v) is 17.9. The Hall–Kier alpha value is -1.89. The van der Waals surface area contributed by atoms with Crippen molar-refractivity contribution in [2.75, 3.05) is 11.9 Å². The van der Waals surface area contributed by atoms with Crippen LogP contribution in [0.2, 0.25) is 5.02 Å². The Morgan fingerprint density at radius 2 is 1.86 bits per heavy atom. The van der Waals surface area contributed by atoms with Crippen LogP contribution < -0.4 is 5.32 Å². The van der Waals surface area contributed by atoms with Crippen LogP contribution in [0.15, 0.2) is 41.3 Å². The number of carbonyl (C=O) groups is 1. The fourth-order valence-electron chi connectivity index (χ4n) is 3.53. The average Bonchev–Trinajstić information content (AvgIpc) is 2.64. The first-order valence-corrected chi connectivity index (χ1v) is 11.2. The van der Waals surface area contributed by atoms with E-state index in [4.69, 9.17) is 11.6 Å². The van der Waals surface area contributed by atoms with Crippen molar-refractivity contribution in [3.63, 3.8) is 0 Å². The highest BCUT2D eigenvalue weighted by atomic mass is 35.5. The summed E-state index contributed by atoms with van der Waals surface area (Å²) in [7, 11) is -3.63. The van der Waals surface area contributed by atoms with Crippen molar-refractivity contribution in [3.8, 4) is 0 Å². The van der Waals surface area contributed by atoms with E-state index < -0.39 is 10.0 Å². The molecule has 2 aromatic rings. The van der Waals surface area contributed by atoms with E-state index in [1.165, 1.54) is 6.07 Å². The number of halogens is 1. The Kier molecular flexibility index (Phi) is 6.12. The van der Waals surface area contributed by atoms with Gasteiger partial charge in [0.2, 0.25) is 10.0 Å². The molecule has 0 bridgehead atoms. The minimum atomic E-state index is -3.63. The number of benzene rings is 2. The van der Waals surface area contributed by atoms with Gasteiger partial charge in [0.15, 0.2) is 0 Å². The van der Waals surface area contributed by atoms with Crippen LogP contribution in [-0.4, -0.2) is 31.2 Å². The summed E-state index contributed by atoms with van der Waals surface area (Å²) in [5.74, 6) is -0.341. The van der Waals surface area contributed by atoms with Crippen LogP contribution in [0.4, 0.5) is 5.69 Å². The van der Waals surface area contributed by atoms with Gasteiger partial charge < -0.3 is 5.32 Å². The molecule has 1 N–H and O–H groups in total. The fourth-order valence-corrected chi connectivity index (χ4v) is 5.48. The highest BCUT2D eigenvalue weighted by Crippen LogP contribution is 2.27. The number of piperidine rings is 1. The number of rotatable bonds is 4. The molecule has 0 aliphatic carbocycles. The second-order valence-electron chi connectivity index (χ2n) is 7.35. The van der Waals surface area contributed by atoms with E-state index in [9.17, 15) is 13.2 Å². The quantitative estimate of drug-likeness (QED) is 0.774. The van der Waals surface area contributed by atoms with Crippen molar-refractivity contribution in [1.29, 1.82) is 0 Å². The van der Waals surface area contributed by atoms with Crippen molar-refractivity contribution in [2.24, 2.45) is 0 Å². The summed E-state index contributed by atoms with van der Waals surface area (Å²) in [6, 6.07) is 9.92. The fraction of sp³-hybridized carbons (Fsp3) is 0.381. The summed E-state index contributed by atoms with van der Waals surface area (Å²) in [5, 5.41) is 3.45. The van der Waals surface area contributed by atoms with Crippen LogP contribution in [0.25, 0.3) is 0 Å². The first-order valence-electron chi connectivity index (χ1n) is 9.40. The van der Waals surface area contributed by atoms with Crippen molar-refractivity contribution in [2.45, 2.75) is 51.0 Å². The van der Waals surface area contributed by atoms with Crippen LogP contribution in [0.5, 0.6) is 0 Å². The number of carbonyl (C=O) groups excluding carboxylic acids is 1. The molecule has 1 aliphatic heterocycles. The Morgan fingerprint density at radius 1 is 1.11 bits per heavy atom. The number of anilines is 1. The predicted octanol–water partition coefficient (Wildman–Crippen LogP) is 4.77. The monoisotopic (exact) mass is 420 g/mol. The van der Waals surface area contributed by atoms with Gasteiger partial charge in [0.25, 0.3) is 5.91 Å². The maximum Gasteiger partial charge on any atom is 0.255 e. The Morgan fingerprint density at radius 3 is 2.54 bits per heavy atom. The minimum absolute atomic E-state index is 0.0333. The maximum absolute atomic E-state index is 13.1. The number of hydrogen-bond acceptors (Lipinski definition) is 3. The van der Waals surface area contributed by atoms with E-state index in [1.807, 2.05) is 13.8 Å². The van der Waals surface area contributed by atoms with Gasteiger partial charge in [-0.2, -0.15) is 4.31 Å². The van der Waals surface area contributed by atoms with Crippen LogP contribution in [-0.2, 0) is 10.0 Å². The molecule has 1 heterocycles. The molecule has 0 radical (unpaired) electrons. The number of sulfonamides is 1. The van der Waals surface area contributed by atoms with E-state index in [-0.39, 0.29) is 16.8 Å². The summed E-state index contributed by atoms with van der Waals surface area (Å²) in [6.45, 7) is 6.10. The smallest absolute Gasteiger partial charge is 0.255 e. The molecule has 1 fully saturated rings. The van der Waals surface area contributed by atoms with Gasteiger partial charge in [-0.3, -0.25) is 4.79 Å². The van der Waals surface area contributed by atoms with E-state index in [0.717, 1.165) is 30.4 Å². The van der Waals surface area contributed by atoms with Crippen molar-refractivity contribution in [3.05, 3.63) is 58.1 Å². The third-order valence-corrected chi connectivity index (χ3v) is 7.48. The zero-order valence-electron chi connectivity index (χ0n) is 16.3. The molecule has 2 aromatic carbocycles. The minimum Gasteiger partial charge on any atom is -0.322 e. The molecular weight excluding hydrogens is 396 g/mol. The molecule has 0 saturated carbocycles. The molecule has 0 spiro atoms.